The van der Waals surface area contributed by atoms with E-state index in [9.17, 15) is 13.2 Å². The van der Waals surface area contributed by atoms with E-state index in [4.69, 9.17) is 0 Å². The molecule has 1 unspecified atom stereocenters. The van der Waals surface area contributed by atoms with Gasteiger partial charge in [0.15, 0.2) is 9.84 Å². The average Bonchev–Trinajstić information content (AvgIpc) is 2.88. The molecular formula is C18H28N2O3S. The number of sulfone groups is 1. The lowest BCUT2D eigenvalue weighted by molar-refractivity contribution is -0.132. The van der Waals surface area contributed by atoms with E-state index in [1.54, 1.807) is 4.90 Å². The zero-order valence-electron chi connectivity index (χ0n) is 14.8. The van der Waals surface area contributed by atoms with Gasteiger partial charge in [-0.2, -0.15) is 0 Å². The van der Waals surface area contributed by atoms with E-state index in [0.29, 0.717) is 31.8 Å². The molecule has 5 nitrogen and oxygen atoms in total. The number of carbonyl (C=O) groups excluding carboxylic acids is 1. The monoisotopic (exact) mass is 352 g/mol. The Morgan fingerprint density at radius 2 is 2.04 bits per heavy atom. The van der Waals surface area contributed by atoms with Gasteiger partial charge in [-0.15, -0.1) is 0 Å². The normalized spacial score (nSPS) is 19.4. The van der Waals surface area contributed by atoms with Crippen molar-refractivity contribution in [3.63, 3.8) is 0 Å². The smallest absolute Gasteiger partial charge is 0.224 e. The minimum absolute atomic E-state index is 0.0223. The molecule has 0 radical (unpaired) electrons. The maximum atomic E-state index is 12.5. The van der Waals surface area contributed by atoms with Crippen molar-refractivity contribution < 1.29 is 13.2 Å². The largest absolute Gasteiger partial charge is 0.384 e. The Labute approximate surface area is 145 Å². The van der Waals surface area contributed by atoms with E-state index in [1.165, 1.54) is 5.56 Å². The molecule has 24 heavy (non-hydrogen) atoms. The molecule has 0 aromatic heterocycles. The Kier molecular flexibility index (Phi) is 6.27. The molecule has 0 saturated carbocycles. The van der Waals surface area contributed by atoms with Crippen LogP contribution in [0.25, 0.3) is 0 Å². The molecule has 0 spiro atoms. The van der Waals surface area contributed by atoms with Crippen LogP contribution in [0.4, 0.5) is 5.69 Å². The number of para-hydroxylation sites is 1. The first-order valence-corrected chi connectivity index (χ1v) is 10.5. The number of nitrogens with one attached hydrogen (secondary N) is 1. The molecule has 1 N–H and O–H groups in total. The first-order chi connectivity index (χ1) is 11.3. The van der Waals surface area contributed by atoms with Crippen LogP contribution in [0.1, 0.15) is 45.1 Å². The molecule has 0 aliphatic carbocycles. The molecule has 1 fully saturated rings. The number of nitrogens with zero attached hydrogens (tertiary/aromatic N) is 1. The van der Waals surface area contributed by atoms with Gasteiger partial charge in [-0.1, -0.05) is 32.0 Å². The highest BCUT2D eigenvalue weighted by Crippen LogP contribution is 2.24. The summed E-state index contributed by atoms with van der Waals surface area (Å²) in [5, 5.41) is 3.35. The van der Waals surface area contributed by atoms with E-state index in [0.717, 1.165) is 5.69 Å². The Bertz CT molecular complexity index is 671. The summed E-state index contributed by atoms with van der Waals surface area (Å²) in [5.41, 5.74) is 2.30. The highest BCUT2D eigenvalue weighted by molar-refractivity contribution is 7.91. The number of amides is 1. The van der Waals surface area contributed by atoms with Gasteiger partial charge in [0.05, 0.1) is 11.5 Å². The van der Waals surface area contributed by atoms with Crippen LogP contribution in [0.3, 0.4) is 0 Å². The van der Waals surface area contributed by atoms with Gasteiger partial charge in [-0.3, -0.25) is 4.79 Å². The summed E-state index contributed by atoms with van der Waals surface area (Å²) < 4.78 is 23.3. The Hall–Kier alpha value is -1.56. The number of anilines is 1. The highest BCUT2D eigenvalue weighted by Gasteiger charge is 2.33. The van der Waals surface area contributed by atoms with E-state index in [2.05, 4.69) is 25.2 Å². The first-order valence-electron chi connectivity index (χ1n) is 8.66. The van der Waals surface area contributed by atoms with Crippen LogP contribution in [-0.4, -0.2) is 49.9 Å². The molecular weight excluding hydrogens is 324 g/mol. The van der Waals surface area contributed by atoms with Crippen molar-refractivity contribution >= 4 is 21.4 Å². The molecule has 2 rings (SSSR count). The molecule has 6 heteroatoms. The minimum Gasteiger partial charge on any atom is -0.384 e. The standard InChI is InChI=1S/C18H28N2O3S/c1-4-20(15-10-12-24(22,23)13-15)18(21)9-11-19-17-8-6-5-7-16(17)14(2)3/h5-8,14-15,19H,4,9-13H2,1-3H3. The maximum absolute atomic E-state index is 12.5. The maximum Gasteiger partial charge on any atom is 0.224 e. The Morgan fingerprint density at radius 3 is 2.62 bits per heavy atom. The van der Waals surface area contributed by atoms with Crippen molar-refractivity contribution in [1.29, 1.82) is 0 Å². The summed E-state index contributed by atoms with van der Waals surface area (Å²) in [5.74, 6) is 0.742. The van der Waals surface area contributed by atoms with Crippen LogP contribution in [0.5, 0.6) is 0 Å². The molecule has 134 valence electrons. The third-order valence-electron chi connectivity index (χ3n) is 4.55. The summed E-state index contributed by atoms with van der Waals surface area (Å²) in [6, 6.07) is 7.97. The van der Waals surface area contributed by atoms with Crippen molar-refractivity contribution in [2.75, 3.05) is 29.9 Å². The molecule has 1 saturated heterocycles. The Balaban J connectivity index is 1.91. The number of hydrogen-bond donors (Lipinski definition) is 1. The third-order valence-corrected chi connectivity index (χ3v) is 6.30. The fraction of sp³-hybridized carbons (Fsp3) is 0.611. The van der Waals surface area contributed by atoms with Gasteiger partial charge in [0.1, 0.15) is 0 Å². The summed E-state index contributed by atoms with van der Waals surface area (Å²) in [6.45, 7) is 7.31. The van der Waals surface area contributed by atoms with Crippen molar-refractivity contribution in [2.45, 2.75) is 45.6 Å². The summed E-state index contributed by atoms with van der Waals surface area (Å²) in [7, 11) is -2.97. The predicted molar refractivity (Wildman–Crippen MR) is 98.1 cm³/mol. The topological polar surface area (TPSA) is 66.5 Å². The van der Waals surface area contributed by atoms with Gasteiger partial charge < -0.3 is 10.2 Å². The lowest BCUT2D eigenvalue weighted by Gasteiger charge is -2.27. The van der Waals surface area contributed by atoms with Gasteiger partial charge in [-0.05, 0) is 30.9 Å². The van der Waals surface area contributed by atoms with E-state index < -0.39 is 9.84 Å². The third kappa shape index (κ3) is 4.72. The van der Waals surface area contributed by atoms with Crippen LogP contribution in [0, 0.1) is 0 Å². The molecule has 0 bridgehead atoms. The van der Waals surface area contributed by atoms with Crippen LogP contribution in [0.2, 0.25) is 0 Å². The number of benzene rings is 1. The molecule has 1 aliphatic heterocycles. The van der Waals surface area contributed by atoms with Crippen LogP contribution in [-0.2, 0) is 14.6 Å². The van der Waals surface area contributed by atoms with Crippen LogP contribution >= 0.6 is 0 Å². The van der Waals surface area contributed by atoms with Crippen LogP contribution < -0.4 is 5.32 Å². The number of hydrogen-bond acceptors (Lipinski definition) is 4. The quantitative estimate of drug-likeness (QED) is 0.819. The average molecular weight is 353 g/mol. The molecule has 1 atom stereocenters. The molecule has 1 aliphatic rings. The zero-order chi connectivity index (χ0) is 17.7. The Morgan fingerprint density at radius 1 is 1.33 bits per heavy atom. The van der Waals surface area contributed by atoms with Crippen molar-refractivity contribution in [1.82, 2.24) is 4.90 Å². The zero-order valence-corrected chi connectivity index (χ0v) is 15.6. The lowest BCUT2D eigenvalue weighted by Crippen LogP contribution is -2.41. The van der Waals surface area contributed by atoms with Gasteiger partial charge >= 0.3 is 0 Å². The summed E-state index contributed by atoms with van der Waals surface area (Å²) >= 11 is 0. The minimum atomic E-state index is -2.97. The second-order valence-electron chi connectivity index (χ2n) is 6.66. The fourth-order valence-electron chi connectivity index (χ4n) is 3.27. The molecule has 1 heterocycles. The summed E-state index contributed by atoms with van der Waals surface area (Å²) in [6.07, 6.45) is 0.933. The van der Waals surface area contributed by atoms with Crippen LogP contribution in [0.15, 0.2) is 24.3 Å². The number of carbonyl (C=O) groups is 1. The van der Waals surface area contributed by atoms with Crippen molar-refractivity contribution in [3.05, 3.63) is 29.8 Å². The van der Waals surface area contributed by atoms with Crippen molar-refractivity contribution in [2.24, 2.45) is 0 Å². The van der Waals surface area contributed by atoms with Gasteiger partial charge in [0, 0.05) is 31.2 Å². The first kappa shape index (κ1) is 18.8. The van der Waals surface area contributed by atoms with Gasteiger partial charge in [-0.25, -0.2) is 8.42 Å². The fourth-order valence-corrected chi connectivity index (χ4v) is 5.00. The van der Waals surface area contributed by atoms with Gasteiger partial charge in [0.25, 0.3) is 0 Å². The van der Waals surface area contributed by atoms with Gasteiger partial charge in [0.2, 0.25) is 5.91 Å². The SMILES string of the molecule is CCN(C(=O)CCNc1ccccc1C(C)C)C1CCS(=O)(=O)C1. The predicted octanol–water partition coefficient (Wildman–Crippen LogP) is 2.65. The highest BCUT2D eigenvalue weighted by atomic mass is 32.2. The van der Waals surface area contributed by atoms with E-state index in [1.807, 2.05) is 25.1 Å². The summed E-state index contributed by atoms with van der Waals surface area (Å²) in [4.78, 5) is 14.2. The number of rotatable bonds is 7. The van der Waals surface area contributed by atoms with Crippen molar-refractivity contribution in [3.8, 4) is 0 Å². The van der Waals surface area contributed by atoms with E-state index in [-0.39, 0.29) is 23.5 Å². The molecule has 1 amide bonds. The second-order valence-corrected chi connectivity index (χ2v) is 8.88. The van der Waals surface area contributed by atoms with E-state index >= 15 is 0 Å². The molecule has 1 aromatic carbocycles. The second kappa shape index (κ2) is 8.01. The molecule has 1 aromatic rings. The lowest BCUT2D eigenvalue weighted by atomic mass is 10.0.